The monoisotopic (exact) mass is 271 g/mol. The van der Waals surface area contributed by atoms with Crippen molar-refractivity contribution in [2.24, 2.45) is 0 Å². The van der Waals surface area contributed by atoms with Crippen molar-refractivity contribution in [3.63, 3.8) is 0 Å². The molecule has 0 saturated heterocycles. The first-order valence-corrected chi connectivity index (χ1v) is 6.83. The SMILES string of the molecule is CCOc1cccc(CNc2cccc(C)c2)c1OC. The maximum atomic E-state index is 5.59. The van der Waals surface area contributed by atoms with Crippen LogP contribution in [0.3, 0.4) is 0 Å². The van der Waals surface area contributed by atoms with Crippen LogP contribution in [0, 0.1) is 6.92 Å². The summed E-state index contributed by atoms with van der Waals surface area (Å²) in [7, 11) is 1.67. The number of para-hydroxylation sites is 1. The van der Waals surface area contributed by atoms with Crippen molar-refractivity contribution in [2.75, 3.05) is 19.0 Å². The molecule has 0 saturated carbocycles. The molecule has 0 aliphatic rings. The molecule has 0 spiro atoms. The maximum absolute atomic E-state index is 5.59. The van der Waals surface area contributed by atoms with Crippen LogP contribution in [-0.4, -0.2) is 13.7 Å². The highest BCUT2D eigenvalue weighted by Gasteiger charge is 2.09. The molecule has 2 aromatic rings. The summed E-state index contributed by atoms with van der Waals surface area (Å²) < 4.78 is 11.1. The van der Waals surface area contributed by atoms with Gasteiger partial charge >= 0.3 is 0 Å². The predicted octanol–water partition coefficient (Wildman–Crippen LogP) is 4.01. The van der Waals surface area contributed by atoms with E-state index in [1.807, 2.05) is 31.2 Å². The highest BCUT2D eigenvalue weighted by atomic mass is 16.5. The fourth-order valence-electron chi connectivity index (χ4n) is 2.15. The average Bonchev–Trinajstić information content (AvgIpc) is 2.45. The van der Waals surface area contributed by atoms with Gasteiger partial charge in [-0.3, -0.25) is 0 Å². The summed E-state index contributed by atoms with van der Waals surface area (Å²) in [5.41, 5.74) is 3.43. The third kappa shape index (κ3) is 3.44. The van der Waals surface area contributed by atoms with Gasteiger partial charge in [0.15, 0.2) is 11.5 Å². The van der Waals surface area contributed by atoms with Gasteiger partial charge in [0.25, 0.3) is 0 Å². The van der Waals surface area contributed by atoms with Gasteiger partial charge in [-0.1, -0.05) is 24.3 Å². The fraction of sp³-hybridized carbons (Fsp3) is 0.294. The summed E-state index contributed by atoms with van der Waals surface area (Å²) >= 11 is 0. The molecule has 3 nitrogen and oxygen atoms in total. The lowest BCUT2D eigenvalue weighted by molar-refractivity contribution is 0.309. The molecule has 0 aromatic heterocycles. The molecule has 106 valence electrons. The van der Waals surface area contributed by atoms with Gasteiger partial charge in [-0.2, -0.15) is 0 Å². The average molecular weight is 271 g/mol. The second kappa shape index (κ2) is 6.85. The Bertz CT molecular complexity index is 567. The van der Waals surface area contributed by atoms with Crippen LogP contribution >= 0.6 is 0 Å². The van der Waals surface area contributed by atoms with Crippen LogP contribution in [0.1, 0.15) is 18.1 Å². The van der Waals surface area contributed by atoms with Crippen molar-refractivity contribution in [2.45, 2.75) is 20.4 Å². The van der Waals surface area contributed by atoms with Gasteiger partial charge in [-0.15, -0.1) is 0 Å². The van der Waals surface area contributed by atoms with Gasteiger partial charge in [0.05, 0.1) is 13.7 Å². The smallest absolute Gasteiger partial charge is 0.165 e. The molecule has 0 unspecified atom stereocenters. The lowest BCUT2D eigenvalue weighted by atomic mass is 10.1. The molecule has 0 atom stereocenters. The third-order valence-corrected chi connectivity index (χ3v) is 3.07. The standard InChI is InChI=1S/C17H21NO2/c1-4-20-16-10-6-8-14(17(16)19-3)12-18-15-9-5-7-13(2)11-15/h5-11,18H,4,12H2,1-3H3. The van der Waals surface area contributed by atoms with Gasteiger partial charge in [0, 0.05) is 17.8 Å². The number of ether oxygens (including phenoxy) is 2. The Morgan fingerprint density at radius 1 is 1.10 bits per heavy atom. The van der Waals surface area contributed by atoms with Crippen LogP contribution in [0.2, 0.25) is 0 Å². The number of aryl methyl sites for hydroxylation is 1. The topological polar surface area (TPSA) is 30.5 Å². The van der Waals surface area contributed by atoms with Crippen molar-refractivity contribution in [1.29, 1.82) is 0 Å². The number of methoxy groups -OCH3 is 1. The molecular weight excluding hydrogens is 250 g/mol. The van der Waals surface area contributed by atoms with E-state index < -0.39 is 0 Å². The lowest BCUT2D eigenvalue weighted by Gasteiger charge is -2.14. The Kier molecular flexibility index (Phi) is 4.88. The first-order valence-electron chi connectivity index (χ1n) is 6.83. The van der Waals surface area contributed by atoms with E-state index in [0.29, 0.717) is 13.2 Å². The van der Waals surface area contributed by atoms with E-state index in [9.17, 15) is 0 Å². The summed E-state index contributed by atoms with van der Waals surface area (Å²) in [5, 5.41) is 3.41. The summed E-state index contributed by atoms with van der Waals surface area (Å²) in [5.74, 6) is 1.59. The van der Waals surface area contributed by atoms with Crippen LogP contribution in [0.25, 0.3) is 0 Å². The van der Waals surface area contributed by atoms with Crippen molar-refractivity contribution in [3.05, 3.63) is 53.6 Å². The van der Waals surface area contributed by atoms with E-state index in [4.69, 9.17) is 9.47 Å². The number of benzene rings is 2. The van der Waals surface area contributed by atoms with E-state index in [0.717, 1.165) is 22.7 Å². The number of anilines is 1. The summed E-state index contributed by atoms with van der Waals surface area (Å²) in [6, 6.07) is 14.3. The van der Waals surface area contributed by atoms with Crippen LogP contribution in [0.4, 0.5) is 5.69 Å². The van der Waals surface area contributed by atoms with Crippen LogP contribution in [0.5, 0.6) is 11.5 Å². The molecule has 0 aliphatic heterocycles. The van der Waals surface area contributed by atoms with Gasteiger partial charge in [-0.05, 0) is 37.6 Å². The van der Waals surface area contributed by atoms with Crippen molar-refractivity contribution >= 4 is 5.69 Å². The molecule has 3 heteroatoms. The molecular formula is C17H21NO2. The van der Waals surface area contributed by atoms with Gasteiger partial charge in [0.2, 0.25) is 0 Å². The number of nitrogens with one attached hydrogen (secondary N) is 1. The van der Waals surface area contributed by atoms with E-state index in [1.54, 1.807) is 7.11 Å². The van der Waals surface area contributed by atoms with Gasteiger partial charge in [0.1, 0.15) is 0 Å². The first-order chi connectivity index (χ1) is 9.74. The normalized spacial score (nSPS) is 10.2. The Morgan fingerprint density at radius 3 is 2.60 bits per heavy atom. The zero-order chi connectivity index (χ0) is 14.4. The number of rotatable bonds is 6. The Morgan fingerprint density at radius 2 is 1.90 bits per heavy atom. The fourth-order valence-corrected chi connectivity index (χ4v) is 2.15. The van der Waals surface area contributed by atoms with Gasteiger partial charge in [-0.25, -0.2) is 0 Å². The summed E-state index contributed by atoms with van der Waals surface area (Å²) in [6.45, 7) is 5.39. The zero-order valence-electron chi connectivity index (χ0n) is 12.3. The molecule has 2 rings (SSSR count). The highest BCUT2D eigenvalue weighted by molar-refractivity contribution is 5.50. The molecule has 0 fully saturated rings. The predicted molar refractivity (Wildman–Crippen MR) is 82.7 cm³/mol. The summed E-state index contributed by atoms with van der Waals surface area (Å²) in [6.07, 6.45) is 0. The minimum Gasteiger partial charge on any atom is -0.493 e. The maximum Gasteiger partial charge on any atom is 0.165 e. The molecule has 20 heavy (non-hydrogen) atoms. The molecule has 0 heterocycles. The summed E-state index contributed by atoms with van der Waals surface area (Å²) in [4.78, 5) is 0. The molecule has 1 N–H and O–H groups in total. The second-order valence-corrected chi connectivity index (χ2v) is 4.60. The van der Waals surface area contributed by atoms with Crippen LogP contribution in [-0.2, 0) is 6.54 Å². The quantitative estimate of drug-likeness (QED) is 0.861. The second-order valence-electron chi connectivity index (χ2n) is 4.60. The van der Waals surface area contributed by atoms with Crippen LogP contribution in [0.15, 0.2) is 42.5 Å². The van der Waals surface area contributed by atoms with Gasteiger partial charge < -0.3 is 14.8 Å². The van der Waals surface area contributed by atoms with E-state index >= 15 is 0 Å². The minimum atomic E-state index is 0.630. The number of hydrogen-bond donors (Lipinski definition) is 1. The number of hydrogen-bond acceptors (Lipinski definition) is 3. The third-order valence-electron chi connectivity index (χ3n) is 3.07. The highest BCUT2D eigenvalue weighted by Crippen LogP contribution is 2.31. The van der Waals surface area contributed by atoms with Crippen LogP contribution < -0.4 is 14.8 Å². The van der Waals surface area contributed by atoms with E-state index in [2.05, 4.69) is 30.4 Å². The molecule has 0 aliphatic carbocycles. The first kappa shape index (κ1) is 14.3. The molecule has 0 radical (unpaired) electrons. The van der Waals surface area contributed by atoms with E-state index in [1.165, 1.54) is 5.56 Å². The van der Waals surface area contributed by atoms with Crippen molar-refractivity contribution in [3.8, 4) is 11.5 Å². The molecule has 2 aromatic carbocycles. The largest absolute Gasteiger partial charge is 0.493 e. The zero-order valence-corrected chi connectivity index (χ0v) is 12.3. The minimum absolute atomic E-state index is 0.630. The van der Waals surface area contributed by atoms with Crippen molar-refractivity contribution < 1.29 is 9.47 Å². The Hall–Kier alpha value is -2.16. The Labute approximate surface area is 120 Å². The van der Waals surface area contributed by atoms with Crippen molar-refractivity contribution in [1.82, 2.24) is 0 Å². The Balaban J connectivity index is 2.14. The molecule has 0 bridgehead atoms. The molecule has 0 amide bonds. The lowest BCUT2D eigenvalue weighted by Crippen LogP contribution is -2.04. The van der Waals surface area contributed by atoms with E-state index in [-0.39, 0.29) is 0 Å².